The Labute approximate surface area is 196 Å². The van der Waals surface area contributed by atoms with Gasteiger partial charge in [-0.1, -0.05) is 12.1 Å². The minimum Gasteiger partial charge on any atom is -0.465 e. The highest BCUT2D eigenvalue weighted by molar-refractivity contribution is 5.89. The van der Waals surface area contributed by atoms with E-state index in [-0.39, 0.29) is 5.97 Å². The molecule has 176 valence electrons. The highest BCUT2D eigenvalue weighted by atomic mass is 16.5. The Morgan fingerprint density at radius 3 is 2.48 bits per heavy atom. The van der Waals surface area contributed by atoms with Gasteiger partial charge in [-0.15, -0.1) is 0 Å². The van der Waals surface area contributed by atoms with Crippen LogP contribution in [-0.4, -0.2) is 58.8 Å². The van der Waals surface area contributed by atoms with Gasteiger partial charge in [-0.3, -0.25) is 4.90 Å². The number of nitrogens with zero attached hydrogens (tertiary/aromatic N) is 3. The van der Waals surface area contributed by atoms with Gasteiger partial charge >= 0.3 is 5.97 Å². The van der Waals surface area contributed by atoms with Gasteiger partial charge in [0.25, 0.3) is 0 Å². The van der Waals surface area contributed by atoms with E-state index in [1.54, 1.807) is 0 Å². The van der Waals surface area contributed by atoms with Crippen molar-refractivity contribution < 1.29 is 14.6 Å². The van der Waals surface area contributed by atoms with E-state index in [9.17, 15) is 9.90 Å². The average molecular weight is 450 g/mol. The first-order valence-electron chi connectivity index (χ1n) is 12.2. The number of carbonyl (C=O) groups is 1. The number of esters is 1. The lowest BCUT2D eigenvalue weighted by molar-refractivity contribution is 0.00288. The van der Waals surface area contributed by atoms with Gasteiger partial charge in [-0.25, -0.2) is 9.78 Å². The largest absolute Gasteiger partial charge is 0.465 e. The maximum atomic E-state index is 11.7. The van der Waals surface area contributed by atoms with E-state index >= 15 is 0 Å². The summed E-state index contributed by atoms with van der Waals surface area (Å²) in [6.07, 6.45) is 7.88. The second kappa shape index (κ2) is 8.73. The molecule has 0 saturated carbocycles. The van der Waals surface area contributed by atoms with E-state index in [2.05, 4.69) is 15.9 Å². The molecule has 2 fully saturated rings. The third-order valence-electron chi connectivity index (χ3n) is 7.64. The van der Waals surface area contributed by atoms with Crippen molar-refractivity contribution in [2.45, 2.75) is 76.1 Å². The Hall–Kier alpha value is -2.44. The van der Waals surface area contributed by atoms with Crippen LogP contribution in [0.5, 0.6) is 0 Å². The number of aromatic nitrogens is 1. The minimum absolute atomic E-state index is 0.304. The zero-order valence-electron chi connectivity index (χ0n) is 20.0. The molecule has 2 atom stereocenters. The maximum Gasteiger partial charge on any atom is 0.337 e. The molecule has 0 amide bonds. The molecule has 1 N–H and O–H groups in total. The number of benzene rings is 1. The monoisotopic (exact) mass is 449 g/mol. The highest BCUT2D eigenvalue weighted by Gasteiger charge is 2.43. The number of hydrogen-bond acceptors (Lipinski definition) is 6. The van der Waals surface area contributed by atoms with E-state index in [0.717, 1.165) is 31.9 Å². The number of rotatable bonds is 6. The summed E-state index contributed by atoms with van der Waals surface area (Å²) in [6, 6.07) is 11.1. The van der Waals surface area contributed by atoms with Gasteiger partial charge in [0.05, 0.1) is 18.3 Å². The lowest BCUT2D eigenvalue weighted by Crippen LogP contribution is -2.48. The summed E-state index contributed by atoms with van der Waals surface area (Å²) < 4.78 is 4.80. The van der Waals surface area contributed by atoms with Gasteiger partial charge in [0.15, 0.2) is 0 Å². The predicted molar refractivity (Wildman–Crippen MR) is 129 cm³/mol. The van der Waals surface area contributed by atoms with E-state index in [4.69, 9.17) is 9.72 Å². The van der Waals surface area contributed by atoms with Crippen LogP contribution in [0.3, 0.4) is 0 Å². The van der Waals surface area contributed by atoms with Crippen molar-refractivity contribution >= 4 is 11.8 Å². The molecule has 1 aromatic heterocycles. The smallest absolute Gasteiger partial charge is 0.337 e. The number of methoxy groups -OCH3 is 1. The normalized spacial score (nSPS) is 24.7. The van der Waals surface area contributed by atoms with Crippen LogP contribution in [0.1, 0.15) is 72.5 Å². The lowest BCUT2D eigenvalue weighted by atomic mass is 9.82. The first-order chi connectivity index (χ1) is 15.8. The fourth-order valence-corrected chi connectivity index (χ4v) is 6.23. The summed E-state index contributed by atoms with van der Waals surface area (Å²) in [5.41, 5.74) is 4.02. The van der Waals surface area contributed by atoms with Gasteiger partial charge in [-0.2, -0.15) is 0 Å². The predicted octanol–water partition coefficient (Wildman–Crippen LogP) is 3.91. The van der Waals surface area contributed by atoms with E-state index < -0.39 is 5.60 Å². The van der Waals surface area contributed by atoms with Gasteiger partial charge in [0.2, 0.25) is 0 Å². The molecule has 5 rings (SSSR count). The number of piperidine rings is 1. The minimum atomic E-state index is -0.638. The molecular formula is C27H35N3O3. The summed E-state index contributed by atoms with van der Waals surface area (Å²) in [6.45, 7) is 6.38. The number of fused-ring (bicyclic) bond motifs is 3. The van der Waals surface area contributed by atoms with Crippen LogP contribution < -0.4 is 4.90 Å². The van der Waals surface area contributed by atoms with Crippen LogP contribution in [0.4, 0.5) is 5.82 Å². The molecule has 2 bridgehead atoms. The molecule has 0 radical (unpaired) electrons. The molecular weight excluding hydrogens is 414 g/mol. The third kappa shape index (κ3) is 4.51. The molecule has 6 heteroatoms. The molecule has 4 heterocycles. The Kier molecular flexibility index (Phi) is 5.91. The molecule has 2 unspecified atom stereocenters. The fraction of sp³-hybridized carbons (Fsp3) is 0.556. The van der Waals surface area contributed by atoms with Crippen molar-refractivity contribution in [3.05, 3.63) is 58.8 Å². The van der Waals surface area contributed by atoms with Gasteiger partial charge < -0.3 is 14.7 Å². The molecule has 1 aromatic carbocycles. The highest BCUT2D eigenvalue weighted by Crippen LogP contribution is 2.46. The lowest BCUT2D eigenvalue weighted by Gasteiger charge is -2.42. The SMILES string of the molecule is COC(=O)c1ccc(CN2CCc3c(C4CC5CCC(C4)N5CC(C)(C)O)ccnc32)cc1. The topological polar surface area (TPSA) is 65.9 Å². The summed E-state index contributed by atoms with van der Waals surface area (Å²) in [4.78, 5) is 21.4. The molecule has 2 aromatic rings. The summed E-state index contributed by atoms with van der Waals surface area (Å²) >= 11 is 0. The van der Waals surface area contributed by atoms with Crippen LogP contribution in [0.2, 0.25) is 0 Å². The second-order valence-corrected chi connectivity index (χ2v) is 10.6. The molecule has 3 aliphatic heterocycles. The second-order valence-electron chi connectivity index (χ2n) is 10.6. The van der Waals surface area contributed by atoms with Crippen molar-refractivity contribution in [2.75, 3.05) is 25.1 Å². The van der Waals surface area contributed by atoms with Crippen LogP contribution in [0.15, 0.2) is 36.5 Å². The molecule has 2 saturated heterocycles. The Morgan fingerprint density at radius 1 is 1.15 bits per heavy atom. The molecule has 0 aliphatic carbocycles. The van der Waals surface area contributed by atoms with Crippen molar-refractivity contribution in [3.8, 4) is 0 Å². The van der Waals surface area contributed by atoms with Gasteiger partial charge in [-0.05, 0) is 86.8 Å². The van der Waals surface area contributed by atoms with Crippen LogP contribution in [0, 0.1) is 0 Å². The first kappa shape index (κ1) is 22.4. The van der Waals surface area contributed by atoms with Crippen molar-refractivity contribution in [1.29, 1.82) is 0 Å². The summed E-state index contributed by atoms with van der Waals surface area (Å²) in [7, 11) is 1.41. The van der Waals surface area contributed by atoms with E-state index in [0.29, 0.717) is 23.6 Å². The van der Waals surface area contributed by atoms with Crippen molar-refractivity contribution in [1.82, 2.24) is 9.88 Å². The maximum absolute atomic E-state index is 11.7. The standard InChI is InChI=1S/C27H35N3O3/c1-27(2,32)17-30-21-8-9-22(30)15-20(14-21)23-10-12-28-25-24(23)11-13-29(25)16-18-4-6-19(7-5-18)26(31)33-3/h4-7,10,12,20-22,32H,8-9,11,13-17H2,1-3H3. The molecule has 33 heavy (non-hydrogen) atoms. The van der Waals surface area contributed by atoms with Gasteiger partial charge in [0, 0.05) is 37.9 Å². The quantitative estimate of drug-likeness (QED) is 0.675. The number of pyridine rings is 1. The molecule has 3 aliphatic rings. The van der Waals surface area contributed by atoms with Crippen LogP contribution in [0.25, 0.3) is 0 Å². The average Bonchev–Trinajstić information content (AvgIpc) is 3.28. The Balaban J connectivity index is 1.31. The molecule has 0 spiro atoms. The van der Waals surface area contributed by atoms with Gasteiger partial charge in [0.1, 0.15) is 5.82 Å². The fourth-order valence-electron chi connectivity index (χ4n) is 6.23. The van der Waals surface area contributed by atoms with Crippen LogP contribution in [-0.2, 0) is 17.7 Å². The van der Waals surface area contributed by atoms with E-state index in [1.165, 1.54) is 49.5 Å². The Bertz CT molecular complexity index is 1000. The first-order valence-corrected chi connectivity index (χ1v) is 12.2. The summed E-state index contributed by atoms with van der Waals surface area (Å²) in [5.74, 6) is 1.40. The number of hydrogen-bond donors (Lipinski definition) is 1. The zero-order valence-corrected chi connectivity index (χ0v) is 20.0. The van der Waals surface area contributed by atoms with Crippen LogP contribution >= 0.6 is 0 Å². The number of carbonyl (C=O) groups excluding carboxylic acids is 1. The van der Waals surface area contributed by atoms with Crippen molar-refractivity contribution in [2.24, 2.45) is 0 Å². The van der Waals surface area contributed by atoms with Crippen molar-refractivity contribution in [3.63, 3.8) is 0 Å². The van der Waals surface area contributed by atoms with E-state index in [1.807, 2.05) is 44.3 Å². The number of ether oxygens (including phenoxy) is 1. The number of anilines is 1. The number of aliphatic hydroxyl groups is 1. The summed E-state index contributed by atoms with van der Waals surface area (Å²) in [5, 5.41) is 10.4. The Morgan fingerprint density at radius 2 is 1.85 bits per heavy atom. The third-order valence-corrected chi connectivity index (χ3v) is 7.64. The molecule has 6 nitrogen and oxygen atoms in total. The zero-order chi connectivity index (χ0) is 23.2.